The lowest BCUT2D eigenvalue weighted by Crippen LogP contribution is -2.42. The molecular formula is C9H6Cl2N2O2. The molecule has 0 radical (unpaired) electrons. The second-order valence-corrected chi connectivity index (χ2v) is 3.91. The number of hydrogen-bond donors (Lipinski definition) is 2. The third-order valence-electron chi connectivity index (χ3n) is 1.99. The first kappa shape index (κ1) is 10.3. The molecule has 1 aliphatic rings. The molecule has 1 heterocycles. The van der Waals surface area contributed by atoms with E-state index in [2.05, 4.69) is 10.3 Å². The van der Waals surface area contributed by atoms with Crippen LogP contribution in [0.15, 0.2) is 29.3 Å². The van der Waals surface area contributed by atoms with Crippen molar-refractivity contribution in [2.24, 2.45) is 4.99 Å². The van der Waals surface area contributed by atoms with Gasteiger partial charge in [-0.1, -0.05) is 35.3 Å². The van der Waals surface area contributed by atoms with Gasteiger partial charge in [-0.3, -0.25) is 0 Å². The van der Waals surface area contributed by atoms with E-state index < -0.39 is 11.1 Å². The molecule has 0 spiro atoms. The van der Waals surface area contributed by atoms with Crippen LogP contribution < -0.4 is 5.32 Å². The summed E-state index contributed by atoms with van der Waals surface area (Å²) < 4.78 is 0. The maximum atomic E-state index is 10.9. The topological polar surface area (TPSA) is 61.7 Å². The van der Waals surface area contributed by atoms with E-state index in [0.717, 1.165) is 0 Å². The quantitative estimate of drug-likeness (QED) is 0.588. The highest BCUT2D eigenvalue weighted by Gasteiger charge is 2.39. The van der Waals surface area contributed by atoms with Crippen molar-refractivity contribution in [2.45, 2.75) is 5.12 Å². The van der Waals surface area contributed by atoms with Crippen molar-refractivity contribution >= 4 is 40.0 Å². The number of aliphatic imine (C=N–C) groups is 1. The van der Waals surface area contributed by atoms with Crippen LogP contribution in [0, 0.1) is 0 Å². The van der Waals surface area contributed by atoms with E-state index in [0.29, 0.717) is 11.3 Å². The SMILES string of the molecule is O=C(O)C1(Cl)N=C(Cl)c2ccccc2N1. The molecule has 0 aromatic heterocycles. The monoisotopic (exact) mass is 244 g/mol. The second kappa shape index (κ2) is 3.40. The number of nitrogens with one attached hydrogen (secondary N) is 1. The van der Waals surface area contributed by atoms with Gasteiger partial charge >= 0.3 is 11.1 Å². The highest BCUT2D eigenvalue weighted by Crippen LogP contribution is 2.31. The summed E-state index contributed by atoms with van der Waals surface area (Å²) in [4.78, 5) is 14.6. The van der Waals surface area contributed by atoms with Crippen molar-refractivity contribution in [1.29, 1.82) is 0 Å². The molecule has 2 rings (SSSR count). The van der Waals surface area contributed by atoms with Crippen LogP contribution in [-0.2, 0) is 4.79 Å². The summed E-state index contributed by atoms with van der Waals surface area (Å²) in [5.41, 5.74) is 1.19. The van der Waals surface area contributed by atoms with E-state index in [4.69, 9.17) is 28.3 Å². The minimum Gasteiger partial charge on any atom is -0.477 e. The van der Waals surface area contributed by atoms with Gasteiger partial charge in [0, 0.05) is 11.3 Å². The number of para-hydroxylation sites is 1. The number of rotatable bonds is 1. The van der Waals surface area contributed by atoms with Gasteiger partial charge in [0.05, 0.1) is 0 Å². The van der Waals surface area contributed by atoms with Gasteiger partial charge in [-0.25, -0.2) is 9.79 Å². The number of carboxylic acid groups (broad SMARTS) is 1. The molecule has 1 aromatic rings. The Balaban J connectivity index is 2.54. The number of fused-ring (bicyclic) bond motifs is 1. The molecule has 1 aromatic carbocycles. The highest BCUT2D eigenvalue weighted by atomic mass is 35.5. The highest BCUT2D eigenvalue weighted by molar-refractivity contribution is 6.70. The number of carboxylic acids is 1. The van der Waals surface area contributed by atoms with E-state index in [1.54, 1.807) is 24.3 Å². The second-order valence-electron chi connectivity index (χ2n) is 3.00. The summed E-state index contributed by atoms with van der Waals surface area (Å²) in [6.07, 6.45) is 0. The lowest BCUT2D eigenvalue weighted by Gasteiger charge is -2.26. The van der Waals surface area contributed by atoms with E-state index >= 15 is 0 Å². The summed E-state index contributed by atoms with van der Waals surface area (Å²) in [5, 5.41) is 9.65. The zero-order valence-electron chi connectivity index (χ0n) is 7.37. The zero-order chi connectivity index (χ0) is 11.1. The molecular weight excluding hydrogens is 239 g/mol. The average molecular weight is 245 g/mol. The molecule has 15 heavy (non-hydrogen) atoms. The van der Waals surface area contributed by atoms with Gasteiger partial charge in [-0.2, -0.15) is 0 Å². The predicted octanol–water partition coefficient (Wildman–Crippen LogP) is 2.07. The smallest absolute Gasteiger partial charge is 0.369 e. The summed E-state index contributed by atoms with van der Waals surface area (Å²) in [7, 11) is 0. The molecule has 1 unspecified atom stereocenters. The summed E-state index contributed by atoms with van der Waals surface area (Å²) in [6, 6.07) is 6.94. The molecule has 0 bridgehead atoms. The van der Waals surface area contributed by atoms with Crippen LogP contribution in [0.2, 0.25) is 0 Å². The fraction of sp³-hybridized carbons (Fsp3) is 0.111. The Morgan fingerprint density at radius 2 is 2.13 bits per heavy atom. The largest absolute Gasteiger partial charge is 0.477 e. The number of halogens is 2. The van der Waals surface area contributed by atoms with Gasteiger partial charge in [0.2, 0.25) is 0 Å². The van der Waals surface area contributed by atoms with Crippen molar-refractivity contribution in [2.75, 3.05) is 5.32 Å². The first-order chi connectivity index (χ1) is 7.03. The van der Waals surface area contributed by atoms with Crippen molar-refractivity contribution in [3.8, 4) is 0 Å². The Hall–Kier alpha value is -1.26. The van der Waals surface area contributed by atoms with E-state index in [1.165, 1.54) is 0 Å². The van der Waals surface area contributed by atoms with Crippen LogP contribution in [0.3, 0.4) is 0 Å². The minimum absolute atomic E-state index is 0.0850. The molecule has 1 atom stereocenters. The van der Waals surface area contributed by atoms with Gasteiger partial charge in [-0.05, 0) is 12.1 Å². The standard InChI is InChI=1S/C9H6Cl2N2O2/c10-7-5-3-1-2-4-6(5)12-9(11,13-7)8(14)15/h1-4,12H,(H,14,15). The molecule has 1 aliphatic heterocycles. The Morgan fingerprint density at radius 1 is 1.47 bits per heavy atom. The fourth-order valence-corrected chi connectivity index (χ4v) is 1.80. The zero-order valence-corrected chi connectivity index (χ0v) is 8.88. The van der Waals surface area contributed by atoms with Crippen LogP contribution in [0.5, 0.6) is 0 Å². The van der Waals surface area contributed by atoms with Crippen molar-refractivity contribution in [3.05, 3.63) is 29.8 Å². The number of alkyl halides is 1. The number of carbonyl (C=O) groups is 1. The Morgan fingerprint density at radius 3 is 2.80 bits per heavy atom. The number of benzene rings is 1. The van der Waals surface area contributed by atoms with Crippen LogP contribution >= 0.6 is 23.2 Å². The number of hydrogen-bond acceptors (Lipinski definition) is 3. The third kappa shape index (κ3) is 1.66. The lowest BCUT2D eigenvalue weighted by atomic mass is 10.1. The first-order valence-electron chi connectivity index (χ1n) is 4.08. The van der Waals surface area contributed by atoms with Gasteiger partial charge in [-0.15, -0.1) is 0 Å². The molecule has 0 amide bonds. The lowest BCUT2D eigenvalue weighted by molar-refractivity contribution is -0.139. The van der Waals surface area contributed by atoms with Crippen LogP contribution in [-0.4, -0.2) is 21.4 Å². The molecule has 0 saturated heterocycles. The summed E-state index contributed by atoms with van der Waals surface area (Å²) >= 11 is 11.6. The molecule has 0 saturated carbocycles. The number of nitrogens with zero attached hydrogens (tertiary/aromatic N) is 1. The average Bonchev–Trinajstić information content (AvgIpc) is 2.17. The minimum atomic E-state index is -1.91. The molecule has 2 N–H and O–H groups in total. The van der Waals surface area contributed by atoms with Crippen molar-refractivity contribution < 1.29 is 9.90 Å². The maximum Gasteiger partial charge on any atom is 0.369 e. The maximum absolute atomic E-state index is 10.9. The van der Waals surface area contributed by atoms with Crippen LogP contribution in [0.4, 0.5) is 5.69 Å². The summed E-state index contributed by atoms with van der Waals surface area (Å²) in [5.74, 6) is -1.29. The predicted molar refractivity (Wildman–Crippen MR) is 58.7 cm³/mol. The molecule has 0 fully saturated rings. The van der Waals surface area contributed by atoms with Gasteiger partial charge in [0.25, 0.3) is 0 Å². The van der Waals surface area contributed by atoms with Crippen molar-refractivity contribution in [1.82, 2.24) is 0 Å². The van der Waals surface area contributed by atoms with Gasteiger partial charge in [0.15, 0.2) is 0 Å². The van der Waals surface area contributed by atoms with Crippen LogP contribution in [0.25, 0.3) is 0 Å². The molecule has 6 heteroatoms. The first-order valence-corrected chi connectivity index (χ1v) is 4.84. The van der Waals surface area contributed by atoms with Crippen molar-refractivity contribution in [3.63, 3.8) is 0 Å². The third-order valence-corrected chi connectivity index (χ3v) is 2.61. The normalized spacial score (nSPS) is 23.7. The number of aliphatic carboxylic acids is 1. The number of anilines is 1. The van der Waals surface area contributed by atoms with Gasteiger partial charge < -0.3 is 10.4 Å². The fourth-order valence-electron chi connectivity index (χ4n) is 1.28. The van der Waals surface area contributed by atoms with E-state index in [1.807, 2.05) is 0 Å². The Labute approximate surface area is 95.5 Å². The molecule has 78 valence electrons. The molecule has 4 nitrogen and oxygen atoms in total. The Bertz CT molecular complexity index is 461. The van der Waals surface area contributed by atoms with E-state index in [9.17, 15) is 4.79 Å². The Kier molecular flexibility index (Phi) is 2.32. The van der Waals surface area contributed by atoms with Crippen LogP contribution in [0.1, 0.15) is 5.56 Å². The molecule has 0 aliphatic carbocycles. The summed E-state index contributed by atoms with van der Waals surface area (Å²) in [6.45, 7) is 0. The van der Waals surface area contributed by atoms with E-state index in [-0.39, 0.29) is 5.17 Å². The van der Waals surface area contributed by atoms with Gasteiger partial charge in [0.1, 0.15) is 5.17 Å².